The highest BCUT2D eigenvalue weighted by Gasteiger charge is 1.92. The van der Waals surface area contributed by atoms with Crippen LogP contribution in [0.2, 0.25) is 0 Å². The van der Waals surface area contributed by atoms with Crippen LogP contribution in [0, 0.1) is 0 Å². The minimum absolute atomic E-state index is 0.453. The number of allylic oxidation sites excluding steroid dienone is 1. The van der Waals surface area contributed by atoms with Gasteiger partial charge in [0.05, 0.1) is 12.7 Å². The lowest BCUT2D eigenvalue weighted by Crippen LogP contribution is -1.94. The maximum Gasteiger partial charge on any atom is 0.331 e. The summed E-state index contributed by atoms with van der Waals surface area (Å²) in [4.78, 5) is 10.0. The Hall–Kier alpha value is -0.990. The molecule has 0 spiro atoms. The maximum atomic E-state index is 10.0. The van der Waals surface area contributed by atoms with Crippen molar-refractivity contribution in [2.24, 2.45) is 0 Å². The highest BCUT2D eigenvalue weighted by atomic mass is 16.5. The molecule has 0 heterocycles. The molecule has 1 N–H and O–H groups in total. The molecule has 0 aromatic heterocycles. The van der Waals surface area contributed by atoms with Crippen molar-refractivity contribution in [2.45, 2.75) is 20.3 Å². The van der Waals surface area contributed by atoms with Gasteiger partial charge < -0.3 is 9.84 Å². The molecule has 3 nitrogen and oxygen atoms in total. The van der Waals surface area contributed by atoms with Crippen molar-refractivity contribution < 1.29 is 14.6 Å². The number of rotatable bonds is 4. The summed E-state index contributed by atoms with van der Waals surface area (Å²) in [6, 6.07) is 0. The van der Waals surface area contributed by atoms with Gasteiger partial charge in [-0.25, -0.2) is 4.79 Å². The largest absolute Gasteiger partial charge is 0.498 e. The first-order valence-electron chi connectivity index (χ1n) is 3.20. The van der Waals surface area contributed by atoms with Gasteiger partial charge in [0, 0.05) is 0 Å². The van der Waals surface area contributed by atoms with Crippen LogP contribution in [-0.2, 0) is 9.53 Å². The number of ether oxygens (including phenoxy) is 1. The van der Waals surface area contributed by atoms with Crippen LogP contribution in [0.5, 0.6) is 0 Å². The molecule has 58 valence electrons. The molecule has 0 unspecified atom stereocenters. The van der Waals surface area contributed by atoms with Crippen LogP contribution < -0.4 is 0 Å². The van der Waals surface area contributed by atoms with Gasteiger partial charge in [-0.15, -0.1) is 0 Å². The molecule has 0 radical (unpaired) electrons. The van der Waals surface area contributed by atoms with Crippen molar-refractivity contribution in [3.63, 3.8) is 0 Å². The van der Waals surface area contributed by atoms with Crippen molar-refractivity contribution in [2.75, 3.05) is 6.61 Å². The first-order valence-corrected chi connectivity index (χ1v) is 3.20. The van der Waals surface area contributed by atoms with E-state index in [4.69, 9.17) is 9.84 Å². The van der Waals surface area contributed by atoms with Crippen molar-refractivity contribution in [3.05, 3.63) is 11.8 Å². The molecule has 0 aliphatic rings. The van der Waals surface area contributed by atoms with Gasteiger partial charge in [-0.1, -0.05) is 6.92 Å². The van der Waals surface area contributed by atoms with E-state index in [1.807, 2.05) is 6.92 Å². The Kier molecular flexibility index (Phi) is 4.37. The smallest absolute Gasteiger partial charge is 0.331 e. The second kappa shape index (κ2) is 4.85. The lowest BCUT2D eigenvalue weighted by molar-refractivity contribution is -0.131. The second-order valence-electron chi connectivity index (χ2n) is 1.94. The molecule has 0 atom stereocenters. The van der Waals surface area contributed by atoms with Gasteiger partial charge in [-0.3, -0.25) is 0 Å². The van der Waals surface area contributed by atoms with Crippen molar-refractivity contribution in [1.82, 2.24) is 0 Å². The van der Waals surface area contributed by atoms with E-state index < -0.39 is 5.97 Å². The summed E-state index contributed by atoms with van der Waals surface area (Å²) in [7, 11) is 0. The number of aliphatic carboxylic acids is 1. The molecule has 0 rings (SSSR count). The molecule has 0 aliphatic carbocycles. The third-order valence-electron chi connectivity index (χ3n) is 0.861. The van der Waals surface area contributed by atoms with Crippen molar-refractivity contribution in [1.29, 1.82) is 0 Å². The molecule has 0 bridgehead atoms. The zero-order valence-electron chi connectivity index (χ0n) is 6.26. The third-order valence-corrected chi connectivity index (χ3v) is 0.861. The van der Waals surface area contributed by atoms with Crippen LogP contribution in [0.25, 0.3) is 0 Å². The predicted octanol–water partition coefficient (Wildman–Crippen LogP) is 1.40. The van der Waals surface area contributed by atoms with Crippen LogP contribution >= 0.6 is 0 Å². The molecular weight excluding hydrogens is 132 g/mol. The van der Waals surface area contributed by atoms with E-state index in [1.165, 1.54) is 0 Å². The van der Waals surface area contributed by atoms with Crippen LogP contribution in [0.3, 0.4) is 0 Å². The minimum Gasteiger partial charge on any atom is -0.498 e. The summed E-state index contributed by atoms with van der Waals surface area (Å²) in [5.74, 6) is -0.511. The lowest BCUT2D eigenvalue weighted by Gasteiger charge is -2.01. The zero-order valence-corrected chi connectivity index (χ0v) is 6.26. The Morgan fingerprint density at radius 1 is 1.70 bits per heavy atom. The number of hydrogen-bond acceptors (Lipinski definition) is 2. The topological polar surface area (TPSA) is 46.5 Å². The molecule has 0 saturated carbocycles. The normalized spacial score (nSPS) is 11.2. The summed E-state index contributed by atoms with van der Waals surface area (Å²) in [5, 5.41) is 8.23. The summed E-state index contributed by atoms with van der Waals surface area (Å²) < 4.78 is 4.98. The lowest BCUT2D eigenvalue weighted by atomic mass is 10.4. The quantitative estimate of drug-likeness (QED) is 0.479. The van der Waals surface area contributed by atoms with E-state index in [-0.39, 0.29) is 0 Å². The Morgan fingerprint density at radius 2 is 2.30 bits per heavy atom. The molecule has 0 amide bonds. The van der Waals surface area contributed by atoms with E-state index in [9.17, 15) is 4.79 Å². The Morgan fingerprint density at radius 3 is 2.70 bits per heavy atom. The minimum atomic E-state index is -0.964. The molecule has 0 fully saturated rings. The molecular formula is C7H12O3. The number of carbonyl (C=O) groups is 1. The van der Waals surface area contributed by atoms with Gasteiger partial charge in [0.2, 0.25) is 0 Å². The molecule has 3 heteroatoms. The number of carboxylic acids is 1. The average Bonchev–Trinajstić information content (AvgIpc) is 1.82. The Balaban J connectivity index is 3.60. The van der Waals surface area contributed by atoms with Gasteiger partial charge >= 0.3 is 5.97 Å². The number of hydrogen-bond donors (Lipinski definition) is 1. The van der Waals surface area contributed by atoms with Crippen LogP contribution in [0.1, 0.15) is 20.3 Å². The van der Waals surface area contributed by atoms with Crippen molar-refractivity contribution in [3.8, 4) is 0 Å². The maximum absolute atomic E-state index is 10.0. The summed E-state index contributed by atoms with van der Waals surface area (Å²) in [6.07, 6.45) is 1.94. The van der Waals surface area contributed by atoms with Crippen LogP contribution in [0.15, 0.2) is 11.8 Å². The highest BCUT2D eigenvalue weighted by molar-refractivity contribution is 5.80. The Bertz CT molecular complexity index is 138. The second-order valence-corrected chi connectivity index (χ2v) is 1.94. The molecule has 0 saturated heterocycles. The van der Waals surface area contributed by atoms with Crippen molar-refractivity contribution >= 4 is 5.97 Å². The zero-order chi connectivity index (χ0) is 7.98. The first-order chi connectivity index (χ1) is 4.66. The van der Waals surface area contributed by atoms with Gasteiger partial charge in [-0.05, 0) is 13.3 Å². The predicted molar refractivity (Wildman–Crippen MR) is 37.6 cm³/mol. The van der Waals surface area contributed by atoms with Gasteiger partial charge in [-0.2, -0.15) is 0 Å². The van der Waals surface area contributed by atoms with Crippen LogP contribution in [0.4, 0.5) is 0 Å². The fourth-order valence-electron chi connectivity index (χ4n) is 0.479. The van der Waals surface area contributed by atoms with E-state index in [0.717, 1.165) is 12.5 Å². The van der Waals surface area contributed by atoms with E-state index in [2.05, 4.69) is 0 Å². The third kappa shape index (κ3) is 5.15. The van der Waals surface area contributed by atoms with E-state index >= 15 is 0 Å². The fraction of sp³-hybridized carbons (Fsp3) is 0.571. The summed E-state index contributed by atoms with van der Waals surface area (Å²) in [5.41, 5.74) is 0. The molecule has 0 aromatic carbocycles. The van der Waals surface area contributed by atoms with Gasteiger partial charge in [0.1, 0.15) is 5.76 Å². The molecule has 10 heavy (non-hydrogen) atoms. The van der Waals surface area contributed by atoms with E-state index in [0.29, 0.717) is 12.4 Å². The first kappa shape index (κ1) is 9.01. The SMILES string of the molecule is CCCO/C(C)=C/C(=O)O. The molecule has 0 aromatic rings. The van der Waals surface area contributed by atoms with Gasteiger partial charge in [0.25, 0.3) is 0 Å². The monoisotopic (exact) mass is 144 g/mol. The van der Waals surface area contributed by atoms with E-state index in [1.54, 1.807) is 6.92 Å². The highest BCUT2D eigenvalue weighted by Crippen LogP contribution is 1.95. The summed E-state index contributed by atoms with van der Waals surface area (Å²) in [6.45, 7) is 4.17. The van der Waals surface area contributed by atoms with Gasteiger partial charge in [0.15, 0.2) is 0 Å². The average molecular weight is 144 g/mol. The Labute approximate surface area is 60.3 Å². The standard InChI is InChI=1S/C7H12O3/c1-3-4-10-6(2)5-7(8)9/h5H,3-4H2,1-2H3,(H,8,9)/b6-5+. The summed E-state index contributed by atoms with van der Waals surface area (Å²) >= 11 is 0. The fourth-order valence-corrected chi connectivity index (χ4v) is 0.479. The molecule has 0 aliphatic heterocycles. The van der Waals surface area contributed by atoms with Crippen LogP contribution in [-0.4, -0.2) is 17.7 Å². The number of carboxylic acid groups (broad SMARTS) is 1.